The van der Waals surface area contributed by atoms with Crippen LogP contribution in [-0.4, -0.2) is 22.2 Å². The molecule has 5 heteroatoms. The maximum atomic E-state index is 10.2. The molecule has 0 spiro atoms. The first-order valence-electron chi connectivity index (χ1n) is 16.3. The van der Waals surface area contributed by atoms with Gasteiger partial charge in [-0.2, -0.15) is 0 Å². The van der Waals surface area contributed by atoms with Crippen molar-refractivity contribution in [2.24, 2.45) is 0 Å². The van der Waals surface area contributed by atoms with E-state index in [9.17, 15) is 9.59 Å². The first-order chi connectivity index (χ1) is 18.5. The number of rotatable bonds is 28. The molecule has 0 aromatic heterocycles. The average molecular weight is 602 g/mol. The second-order valence-electron chi connectivity index (χ2n) is 10.8. The van der Waals surface area contributed by atoms with Crippen LogP contribution < -0.4 is 0 Å². The van der Waals surface area contributed by atoms with Crippen LogP contribution in [0, 0.1) is 0 Å². The van der Waals surface area contributed by atoms with Crippen molar-refractivity contribution < 1.29 is 39.3 Å². The Kier molecular flexibility index (Phi) is 42.7. The molecule has 0 atom stereocenters. The van der Waals surface area contributed by atoms with Crippen molar-refractivity contribution in [3.8, 4) is 0 Å². The average Bonchev–Trinajstić information content (AvgIpc) is 2.89. The van der Waals surface area contributed by atoms with Gasteiger partial charge < -0.3 is 10.2 Å². The molecule has 39 heavy (non-hydrogen) atoms. The molecule has 0 bridgehead atoms. The van der Waals surface area contributed by atoms with Crippen LogP contribution in [0.5, 0.6) is 0 Å². The van der Waals surface area contributed by atoms with E-state index in [1.165, 1.54) is 153 Å². The Morgan fingerprint density at radius 1 is 0.410 bits per heavy atom. The number of unbranched alkanes of at least 4 members (excludes halogenated alkanes) is 24. The molecular formula is C34H64O4Zn. The Morgan fingerprint density at radius 3 is 0.821 bits per heavy atom. The Morgan fingerprint density at radius 2 is 0.615 bits per heavy atom. The Bertz CT molecular complexity index is 497. The third-order valence-corrected chi connectivity index (χ3v) is 6.97. The van der Waals surface area contributed by atoms with Gasteiger partial charge in [-0.3, -0.25) is 0 Å². The summed E-state index contributed by atoms with van der Waals surface area (Å²) >= 11 is 0. The zero-order valence-corrected chi connectivity index (χ0v) is 29.1. The molecule has 0 rings (SSSR count). The van der Waals surface area contributed by atoms with E-state index >= 15 is 0 Å². The molecule has 0 heterocycles. The minimum atomic E-state index is -0.834. The van der Waals surface area contributed by atoms with Crippen molar-refractivity contribution in [3.05, 3.63) is 24.3 Å². The molecule has 0 radical (unpaired) electrons. The third kappa shape index (κ3) is 47.2. The topological polar surface area (TPSA) is 74.6 Å². The smallest absolute Gasteiger partial charge is 0.327 e. The van der Waals surface area contributed by atoms with Crippen molar-refractivity contribution in [1.82, 2.24) is 0 Å². The van der Waals surface area contributed by atoms with Crippen LogP contribution in [0.25, 0.3) is 0 Å². The van der Waals surface area contributed by atoms with Gasteiger partial charge >= 0.3 is 11.9 Å². The van der Waals surface area contributed by atoms with Gasteiger partial charge in [0.15, 0.2) is 0 Å². The summed E-state index contributed by atoms with van der Waals surface area (Å²) in [5, 5.41) is 16.8. The predicted molar refractivity (Wildman–Crippen MR) is 165 cm³/mol. The molecule has 0 aromatic carbocycles. The first-order valence-corrected chi connectivity index (χ1v) is 16.3. The van der Waals surface area contributed by atoms with Crippen LogP contribution in [0.4, 0.5) is 0 Å². The van der Waals surface area contributed by atoms with Crippen LogP contribution in [-0.2, 0) is 29.1 Å². The Balaban J connectivity index is -0.000000648. The molecule has 0 saturated carbocycles. The van der Waals surface area contributed by atoms with Crippen molar-refractivity contribution in [2.45, 2.75) is 181 Å². The summed E-state index contributed by atoms with van der Waals surface area (Å²) < 4.78 is 0. The van der Waals surface area contributed by atoms with Gasteiger partial charge in [0.25, 0.3) is 0 Å². The van der Waals surface area contributed by atoms with Crippen LogP contribution in [0.1, 0.15) is 181 Å². The molecule has 0 saturated heterocycles. The zero-order chi connectivity index (χ0) is 28.4. The summed E-state index contributed by atoms with van der Waals surface area (Å²) in [6.07, 6.45) is 40.2. The third-order valence-electron chi connectivity index (χ3n) is 6.97. The summed E-state index contributed by atoms with van der Waals surface area (Å²) in [6.45, 7) is 4.52. The second kappa shape index (κ2) is 39.2. The van der Waals surface area contributed by atoms with Gasteiger partial charge in [0, 0.05) is 31.6 Å². The van der Waals surface area contributed by atoms with Crippen LogP contribution >= 0.6 is 0 Å². The monoisotopic (exact) mass is 600 g/mol. The fraction of sp³-hybridized carbons (Fsp3) is 0.824. The largest absolute Gasteiger partial charge is 0.478 e. The summed E-state index contributed by atoms with van der Waals surface area (Å²) in [4.78, 5) is 20.5. The molecule has 0 aliphatic carbocycles. The molecule has 226 valence electrons. The SMILES string of the molecule is CCCCCCCCCCCCCCC=CC(=O)O.CCCCCCCCCCCCCCC=CC(=O)O.[Zn]. The minimum Gasteiger partial charge on any atom is -0.478 e. The van der Waals surface area contributed by atoms with E-state index in [0.717, 1.165) is 25.7 Å². The van der Waals surface area contributed by atoms with Crippen LogP contribution in [0.15, 0.2) is 24.3 Å². The first kappa shape index (κ1) is 42.5. The predicted octanol–water partition coefficient (Wildman–Crippen LogP) is 11.4. The van der Waals surface area contributed by atoms with E-state index < -0.39 is 11.9 Å². The Hall–Kier alpha value is -0.957. The van der Waals surface area contributed by atoms with Crippen LogP contribution in [0.3, 0.4) is 0 Å². The maximum Gasteiger partial charge on any atom is 0.327 e. The maximum absolute atomic E-state index is 10.2. The van der Waals surface area contributed by atoms with E-state index in [2.05, 4.69) is 13.8 Å². The van der Waals surface area contributed by atoms with Crippen molar-refractivity contribution in [3.63, 3.8) is 0 Å². The minimum absolute atomic E-state index is 0. The fourth-order valence-corrected chi connectivity index (χ4v) is 4.57. The van der Waals surface area contributed by atoms with Crippen molar-refractivity contribution in [1.29, 1.82) is 0 Å². The number of allylic oxidation sites excluding steroid dienone is 2. The standard InChI is InChI=1S/2C17H32O2.Zn/c2*1-2-3-4-5-6-7-8-9-10-11-12-13-14-15-16-17(18)19;/h2*15-16H,2-14H2,1H3,(H,18,19);. The van der Waals surface area contributed by atoms with Crippen molar-refractivity contribution >= 4 is 11.9 Å². The second-order valence-corrected chi connectivity index (χ2v) is 10.8. The molecular weight excluding hydrogens is 538 g/mol. The van der Waals surface area contributed by atoms with E-state index in [-0.39, 0.29) is 19.5 Å². The number of hydrogen-bond donors (Lipinski definition) is 2. The molecule has 0 aliphatic heterocycles. The van der Waals surface area contributed by atoms with E-state index in [1.54, 1.807) is 12.2 Å². The molecule has 4 nitrogen and oxygen atoms in total. The van der Waals surface area contributed by atoms with Gasteiger partial charge in [-0.1, -0.05) is 167 Å². The number of carboxylic acids is 2. The normalized spacial score (nSPS) is 10.9. The quantitative estimate of drug-likeness (QED) is 0.0531. The molecule has 0 aromatic rings. The van der Waals surface area contributed by atoms with E-state index in [4.69, 9.17) is 10.2 Å². The molecule has 0 fully saturated rings. The van der Waals surface area contributed by atoms with Gasteiger partial charge in [-0.15, -0.1) is 0 Å². The summed E-state index contributed by atoms with van der Waals surface area (Å²) in [5.41, 5.74) is 0. The van der Waals surface area contributed by atoms with E-state index in [0.29, 0.717) is 0 Å². The van der Waals surface area contributed by atoms with Gasteiger partial charge in [-0.05, 0) is 25.7 Å². The van der Waals surface area contributed by atoms with E-state index in [1.807, 2.05) is 0 Å². The van der Waals surface area contributed by atoms with Crippen LogP contribution in [0.2, 0.25) is 0 Å². The van der Waals surface area contributed by atoms with Gasteiger partial charge in [-0.25, -0.2) is 9.59 Å². The molecule has 2 N–H and O–H groups in total. The van der Waals surface area contributed by atoms with Gasteiger partial charge in [0.05, 0.1) is 0 Å². The number of hydrogen-bond acceptors (Lipinski definition) is 2. The van der Waals surface area contributed by atoms with Gasteiger partial charge in [0.1, 0.15) is 0 Å². The molecule has 0 unspecified atom stereocenters. The summed E-state index contributed by atoms with van der Waals surface area (Å²) in [6, 6.07) is 0. The molecule has 0 amide bonds. The zero-order valence-electron chi connectivity index (χ0n) is 26.1. The summed E-state index contributed by atoms with van der Waals surface area (Å²) in [7, 11) is 0. The Labute approximate surface area is 255 Å². The number of carboxylic acid groups (broad SMARTS) is 2. The number of aliphatic carboxylic acids is 2. The number of carbonyl (C=O) groups is 2. The molecule has 0 aliphatic rings. The summed E-state index contributed by atoms with van der Waals surface area (Å²) in [5.74, 6) is -1.67. The van der Waals surface area contributed by atoms with Crippen molar-refractivity contribution in [2.75, 3.05) is 0 Å². The van der Waals surface area contributed by atoms with Gasteiger partial charge in [0.2, 0.25) is 0 Å². The fourth-order valence-electron chi connectivity index (χ4n) is 4.57.